The number of carboxylic acid groups (broad SMARTS) is 1. The van der Waals surface area contributed by atoms with Crippen LogP contribution in [-0.2, 0) is 0 Å². The molecule has 21 heavy (non-hydrogen) atoms. The van der Waals surface area contributed by atoms with Crippen LogP contribution in [0.15, 0.2) is 36.4 Å². The molecule has 108 valence electrons. The lowest BCUT2D eigenvalue weighted by Crippen LogP contribution is -2.16. The van der Waals surface area contributed by atoms with Crippen molar-refractivity contribution in [3.63, 3.8) is 0 Å². The number of hydrogen-bond donors (Lipinski definition) is 2. The highest BCUT2D eigenvalue weighted by molar-refractivity contribution is 6.07. The van der Waals surface area contributed by atoms with Crippen LogP contribution in [0.1, 0.15) is 20.7 Å². The van der Waals surface area contributed by atoms with Crippen LogP contribution in [0.25, 0.3) is 0 Å². The number of aromatic carboxylic acids is 1. The molecule has 0 radical (unpaired) electrons. The van der Waals surface area contributed by atoms with Crippen LogP contribution in [0.3, 0.4) is 0 Å². The smallest absolute Gasteiger partial charge is 0.337 e. The van der Waals surface area contributed by atoms with Gasteiger partial charge in [-0.3, -0.25) is 4.79 Å². The molecule has 0 aromatic heterocycles. The highest BCUT2D eigenvalue weighted by Gasteiger charge is 2.18. The minimum atomic E-state index is -1.44. The molecule has 1 amide bonds. The first-order valence-electron chi connectivity index (χ1n) is 5.68. The number of rotatable bonds is 3. The van der Waals surface area contributed by atoms with E-state index in [9.17, 15) is 22.8 Å². The number of carbonyl (C=O) groups is 2. The topological polar surface area (TPSA) is 66.4 Å². The van der Waals surface area contributed by atoms with E-state index in [0.717, 1.165) is 24.3 Å². The van der Waals surface area contributed by atoms with Crippen LogP contribution in [0.5, 0.6) is 0 Å². The highest BCUT2D eigenvalue weighted by atomic mass is 19.2. The number of carboxylic acids is 1. The fourth-order valence-corrected chi connectivity index (χ4v) is 1.65. The van der Waals surface area contributed by atoms with Crippen LogP contribution < -0.4 is 5.32 Å². The summed E-state index contributed by atoms with van der Waals surface area (Å²) < 4.78 is 39.4. The van der Waals surface area contributed by atoms with Gasteiger partial charge in [-0.15, -0.1) is 0 Å². The van der Waals surface area contributed by atoms with Gasteiger partial charge >= 0.3 is 5.97 Å². The minimum Gasteiger partial charge on any atom is -0.478 e. The van der Waals surface area contributed by atoms with E-state index >= 15 is 0 Å². The maximum absolute atomic E-state index is 13.6. The Bertz CT molecular complexity index is 731. The van der Waals surface area contributed by atoms with Gasteiger partial charge in [0.25, 0.3) is 5.91 Å². The monoisotopic (exact) mass is 295 g/mol. The predicted octanol–water partition coefficient (Wildman–Crippen LogP) is 3.05. The summed E-state index contributed by atoms with van der Waals surface area (Å²) in [5, 5.41) is 11.0. The summed E-state index contributed by atoms with van der Waals surface area (Å²) in [4.78, 5) is 22.8. The van der Waals surface area contributed by atoms with Crippen LogP contribution in [0.4, 0.5) is 18.9 Å². The zero-order valence-corrected chi connectivity index (χ0v) is 10.4. The number of nitrogens with one attached hydrogen (secondary N) is 1. The Kier molecular flexibility index (Phi) is 3.93. The summed E-state index contributed by atoms with van der Waals surface area (Å²) >= 11 is 0. The molecule has 0 unspecified atom stereocenters. The molecule has 0 aliphatic carbocycles. The number of anilines is 1. The Hall–Kier alpha value is -2.83. The molecule has 0 saturated heterocycles. The van der Waals surface area contributed by atoms with Crippen molar-refractivity contribution >= 4 is 17.6 Å². The maximum atomic E-state index is 13.6. The van der Waals surface area contributed by atoms with E-state index in [-0.39, 0.29) is 5.56 Å². The zero-order valence-electron chi connectivity index (χ0n) is 10.4. The lowest BCUT2D eigenvalue weighted by molar-refractivity contribution is 0.0697. The number of amides is 1. The van der Waals surface area contributed by atoms with E-state index < -0.39 is 40.6 Å². The van der Waals surface area contributed by atoms with Crippen molar-refractivity contribution in [2.45, 2.75) is 0 Å². The predicted molar refractivity (Wildman–Crippen MR) is 67.7 cm³/mol. The molecule has 4 nitrogen and oxygen atoms in total. The molecule has 2 aromatic carbocycles. The largest absolute Gasteiger partial charge is 0.478 e. The van der Waals surface area contributed by atoms with Crippen molar-refractivity contribution in [2.24, 2.45) is 0 Å². The average molecular weight is 295 g/mol. The van der Waals surface area contributed by atoms with Crippen LogP contribution in [-0.4, -0.2) is 17.0 Å². The molecule has 0 saturated carbocycles. The molecule has 0 fully saturated rings. The van der Waals surface area contributed by atoms with E-state index in [1.165, 1.54) is 6.07 Å². The molecule has 0 aliphatic rings. The van der Waals surface area contributed by atoms with Crippen molar-refractivity contribution in [3.8, 4) is 0 Å². The van der Waals surface area contributed by atoms with Crippen molar-refractivity contribution in [1.82, 2.24) is 0 Å². The average Bonchev–Trinajstić information content (AvgIpc) is 2.43. The summed E-state index contributed by atoms with van der Waals surface area (Å²) in [6.45, 7) is 0. The highest BCUT2D eigenvalue weighted by Crippen LogP contribution is 2.21. The van der Waals surface area contributed by atoms with E-state index in [1.54, 1.807) is 0 Å². The first kappa shape index (κ1) is 14.6. The second kappa shape index (κ2) is 5.66. The van der Waals surface area contributed by atoms with Gasteiger partial charge in [-0.25, -0.2) is 18.0 Å². The van der Waals surface area contributed by atoms with Crippen molar-refractivity contribution in [1.29, 1.82) is 0 Å². The van der Waals surface area contributed by atoms with Crippen molar-refractivity contribution < 1.29 is 27.9 Å². The lowest BCUT2D eigenvalue weighted by Gasteiger charge is -2.09. The first-order valence-corrected chi connectivity index (χ1v) is 5.68. The Morgan fingerprint density at radius 1 is 0.952 bits per heavy atom. The van der Waals surface area contributed by atoms with Crippen LogP contribution >= 0.6 is 0 Å². The standard InChI is InChI=1S/C14H8F3NO3/c15-9-5-4-7(6-11(9)17)13(19)18-12-8(14(20)21)2-1-3-10(12)16/h1-6H,(H,18,19)(H,20,21). The summed E-state index contributed by atoms with van der Waals surface area (Å²) in [6, 6.07) is 5.61. The summed E-state index contributed by atoms with van der Waals surface area (Å²) in [5.41, 5.74) is -1.26. The van der Waals surface area contributed by atoms with Gasteiger partial charge in [0, 0.05) is 5.56 Å². The van der Waals surface area contributed by atoms with Gasteiger partial charge < -0.3 is 10.4 Å². The van der Waals surface area contributed by atoms with E-state index in [2.05, 4.69) is 0 Å². The minimum absolute atomic E-state index is 0.270. The van der Waals surface area contributed by atoms with Crippen molar-refractivity contribution in [3.05, 3.63) is 65.0 Å². The van der Waals surface area contributed by atoms with E-state index in [1.807, 2.05) is 5.32 Å². The second-order valence-corrected chi connectivity index (χ2v) is 4.05. The molecule has 0 atom stereocenters. The third-order valence-corrected chi connectivity index (χ3v) is 2.66. The Labute approximate surface area is 116 Å². The summed E-state index contributed by atoms with van der Waals surface area (Å²) in [7, 11) is 0. The third-order valence-electron chi connectivity index (χ3n) is 2.66. The molecule has 2 rings (SSSR count). The number of para-hydroxylation sites is 1. The third kappa shape index (κ3) is 3.02. The molecule has 0 bridgehead atoms. The van der Waals surface area contributed by atoms with Gasteiger partial charge in [0.1, 0.15) is 5.82 Å². The van der Waals surface area contributed by atoms with Gasteiger partial charge in [0.05, 0.1) is 11.3 Å². The molecule has 7 heteroatoms. The second-order valence-electron chi connectivity index (χ2n) is 4.05. The van der Waals surface area contributed by atoms with E-state index in [0.29, 0.717) is 6.07 Å². The number of halogens is 3. The Balaban J connectivity index is 2.36. The SMILES string of the molecule is O=C(Nc1c(F)cccc1C(=O)O)c1ccc(F)c(F)c1. The molecule has 2 N–H and O–H groups in total. The van der Waals surface area contributed by atoms with Crippen LogP contribution in [0, 0.1) is 17.5 Å². The fourth-order valence-electron chi connectivity index (χ4n) is 1.65. The Morgan fingerprint density at radius 2 is 1.67 bits per heavy atom. The zero-order chi connectivity index (χ0) is 15.6. The summed E-state index contributed by atoms with van der Waals surface area (Å²) in [5.74, 6) is -5.72. The van der Waals surface area contributed by atoms with Crippen LogP contribution in [0.2, 0.25) is 0 Å². The van der Waals surface area contributed by atoms with Gasteiger partial charge in [-0.1, -0.05) is 6.07 Å². The van der Waals surface area contributed by atoms with E-state index in [4.69, 9.17) is 5.11 Å². The molecule has 0 spiro atoms. The lowest BCUT2D eigenvalue weighted by atomic mass is 10.1. The Morgan fingerprint density at radius 3 is 2.29 bits per heavy atom. The number of hydrogen-bond acceptors (Lipinski definition) is 2. The fraction of sp³-hybridized carbons (Fsp3) is 0. The quantitative estimate of drug-likeness (QED) is 0.914. The normalized spacial score (nSPS) is 10.2. The molecule has 0 aliphatic heterocycles. The van der Waals surface area contributed by atoms with Gasteiger partial charge in [0.15, 0.2) is 11.6 Å². The van der Waals surface area contributed by atoms with Crippen molar-refractivity contribution in [2.75, 3.05) is 5.32 Å². The molecular formula is C14H8F3NO3. The summed E-state index contributed by atoms with van der Waals surface area (Å²) in [6.07, 6.45) is 0. The maximum Gasteiger partial charge on any atom is 0.337 e. The number of carbonyl (C=O) groups excluding carboxylic acids is 1. The van der Waals surface area contributed by atoms with Gasteiger partial charge in [-0.2, -0.15) is 0 Å². The molecular weight excluding hydrogens is 287 g/mol. The van der Waals surface area contributed by atoms with Gasteiger partial charge in [-0.05, 0) is 30.3 Å². The first-order chi connectivity index (χ1) is 9.90. The number of benzene rings is 2. The molecule has 0 heterocycles. The van der Waals surface area contributed by atoms with Gasteiger partial charge in [0.2, 0.25) is 0 Å². The molecule has 2 aromatic rings.